The van der Waals surface area contributed by atoms with Crippen LogP contribution in [0.3, 0.4) is 0 Å². The number of aliphatic carboxylic acids is 2. The van der Waals surface area contributed by atoms with Gasteiger partial charge in [0.25, 0.3) is 5.91 Å². The Balaban J connectivity index is 2.15. The normalized spacial score (nSPS) is 12.0. The molecule has 0 saturated carbocycles. The van der Waals surface area contributed by atoms with Crippen LogP contribution in [0.15, 0.2) is 24.3 Å². The molecule has 0 radical (unpaired) electrons. The number of fused-ring (bicyclic) bond motifs is 1. The van der Waals surface area contributed by atoms with Crippen molar-refractivity contribution in [2.45, 2.75) is 18.9 Å². The van der Waals surface area contributed by atoms with E-state index in [-0.39, 0.29) is 18.5 Å². The number of H-pyrrole nitrogens is 1. The summed E-state index contributed by atoms with van der Waals surface area (Å²) in [4.78, 5) is 33.6. The zero-order chi connectivity index (χ0) is 15.4. The lowest BCUT2D eigenvalue weighted by atomic mass is 10.1. The molecule has 4 N–H and O–H groups in total. The van der Waals surface area contributed by atoms with E-state index in [0.717, 1.165) is 0 Å². The first-order valence-corrected chi connectivity index (χ1v) is 6.17. The number of carbonyl (C=O) groups is 3. The van der Waals surface area contributed by atoms with Gasteiger partial charge in [0, 0.05) is 11.8 Å². The third-order valence-corrected chi connectivity index (χ3v) is 2.94. The number of aromatic amines is 1. The van der Waals surface area contributed by atoms with Gasteiger partial charge in [-0.3, -0.25) is 14.7 Å². The Labute approximate surface area is 118 Å². The molecule has 0 aliphatic rings. The van der Waals surface area contributed by atoms with Crippen LogP contribution >= 0.6 is 0 Å². The van der Waals surface area contributed by atoms with Gasteiger partial charge in [0.15, 0.2) is 5.69 Å². The van der Waals surface area contributed by atoms with E-state index in [1.54, 1.807) is 24.3 Å². The first kappa shape index (κ1) is 14.5. The number of hydrogen-bond donors (Lipinski definition) is 4. The van der Waals surface area contributed by atoms with Gasteiger partial charge >= 0.3 is 11.9 Å². The second-order valence-corrected chi connectivity index (χ2v) is 4.41. The summed E-state index contributed by atoms with van der Waals surface area (Å²) in [5, 5.41) is 27.0. The number of aromatic nitrogens is 2. The molecule has 110 valence electrons. The van der Waals surface area contributed by atoms with Gasteiger partial charge in [0.05, 0.1) is 5.52 Å². The molecule has 2 rings (SSSR count). The molecule has 0 spiro atoms. The molecule has 21 heavy (non-hydrogen) atoms. The SMILES string of the molecule is O=C(O)CC[C@H](NC(=O)c1n[nH]c2ccccc12)C(=O)O. The van der Waals surface area contributed by atoms with Gasteiger partial charge in [-0.05, 0) is 12.5 Å². The van der Waals surface area contributed by atoms with Gasteiger partial charge in [-0.25, -0.2) is 4.79 Å². The van der Waals surface area contributed by atoms with Crippen LogP contribution in [0, 0.1) is 0 Å². The number of hydrogen-bond acceptors (Lipinski definition) is 4. The van der Waals surface area contributed by atoms with Gasteiger partial charge in [-0.2, -0.15) is 5.10 Å². The summed E-state index contributed by atoms with van der Waals surface area (Å²) >= 11 is 0. The van der Waals surface area contributed by atoms with Crippen LogP contribution in [0.4, 0.5) is 0 Å². The predicted octanol–water partition coefficient (Wildman–Crippen LogP) is 0.611. The molecule has 1 aromatic carbocycles. The van der Waals surface area contributed by atoms with Gasteiger partial charge < -0.3 is 15.5 Å². The van der Waals surface area contributed by atoms with Crippen molar-refractivity contribution >= 4 is 28.7 Å². The van der Waals surface area contributed by atoms with Gasteiger partial charge in [-0.15, -0.1) is 0 Å². The van der Waals surface area contributed by atoms with E-state index in [0.29, 0.717) is 10.9 Å². The molecule has 1 aromatic heterocycles. The fourth-order valence-corrected chi connectivity index (χ4v) is 1.89. The van der Waals surface area contributed by atoms with Crippen LogP contribution in [0.25, 0.3) is 10.9 Å². The fourth-order valence-electron chi connectivity index (χ4n) is 1.89. The van der Waals surface area contributed by atoms with Gasteiger partial charge in [0.2, 0.25) is 0 Å². The lowest BCUT2D eigenvalue weighted by Crippen LogP contribution is -2.41. The molecule has 1 atom stereocenters. The number of carboxylic acids is 2. The Hall–Kier alpha value is -2.90. The number of carboxylic acid groups (broad SMARTS) is 2. The molecule has 0 fully saturated rings. The third kappa shape index (κ3) is 3.35. The van der Waals surface area contributed by atoms with Gasteiger partial charge in [0.1, 0.15) is 6.04 Å². The molecule has 0 aliphatic carbocycles. The molecule has 8 heteroatoms. The minimum Gasteiger partial charge on any atom is -0.481 e. The van der Waals surface area contributed by atoms with Crippen molar-refractivity contribution in [3.8, 4) is 0 Å². The van der Waals surface area contributed by atoms with E-state index >= 15 is 0 Å². The molecule has 0 unspecified atom stereocenters. The number of carbonyl (C=O) groups excluding carboxylic acids is 1. The summed E-state index contributed by atoms with van der Waals surface area (Å²) in [5.41, 5.74) is 0.729. The van der Waals surface area contributed by atoms with Crippen LogP contribution in [0.2, 0.25) is 0 Å². The van der Waals surface area contributed by atoms with E-state index in [9.17, 15) is 14.4 Å². The molecule has 1 amide bonds. The van der Waals surface area contributed by atoms with E-state index in [2.05, 4.69) is 15.5 Å². The standard InChI is InChI=1S/C13H13N3O5/c17-10(18)6-5-9(13(20)21)14-12(19)11-7-3-1-2-4-8(7)15-16-11/h1-4,9H,5-6H2,(H,14,19)(H,15,16)(H,17,18)(H,20,21)/t9-/m0/s1. The van der Waals surface area contributed by atoms with E-state index < -0.39 is 23.9 Å². The van der Waals surface area contributed by atoms with E-state index in [1.165, 1.54) is 0 Å². The Morgan fingerprint density at radius 1 is 1.24 bits per heavy atom. The summed E-state index contributed by atoms with van der Waals surface area (Å²) in [6, 6.07) is 5.64. The van der Waals surface area contributed by atoms with Crippen molar-refractivity contribution in [1.82, 2.24) is 15.5 Å². The quantitative estimate of drug-likeness (QED) is 0.616. The maximum atomic E-state index is 12.1. The first-order chi connectivity index (χ1) is 9.99. The molecule has 8 nitrogen and oxygen atoms in total. The zero-order valence-electron chi connectivity index (χ0n) is 10.9. The molecule has 0 aliphatic heterocycles. The lowest BCUT2D eigenvalue weighted by molar-refractivity contribution is -0.140. The van der Waals surface area contributed by atoms with Gasteiger partial charge in [-0.1, -0.05) is 18.2 Å². The highest BCUT2D eigenvalue weighted by atomic mass is 16.4. The second-order valence-electron chi connectivity index (χ2n) is 4.41. The van der Waals surface area contributed by atoms with Crippen molar-refractivity contribution in [2.24, 2.45) is 0 Å². The van der Waals surface area contributed by atoms with Crippen molar-refractivity contribution in [1.29, 1.82) is 0 Å². The molecular formula is C13H13N3O5. The lowest BCUT2D eigenvalue weighted by Gasteiger charge is -2.12. The predicted molar refractivity (Wildman–Crippen MR) is 71.9 cm³/mol. The Bertz CT molecular complexity index is 694. The van der Waals surface area contributed by atoms with Crippen molar-refractivity contribution in [3.63, 3.8) is 0 Å². The summed E-state index contributed by atoms with van der Waals surface area (Å²) in [6.07, 6.45) is -0.544. The molecule has 0 bridgehead atoms. The smallest absolute Gasteiger partial charge is 0.326 e. The highest BCUT2D eigenvalue weighted by Crippen LogP contribution is 2.15. The van der Waals surface area contributed by atoms with E-state index in [1.807, 2.05) is 0 Å². The maximum absolute atomic E-state index is 12.1. The number of nitrogens with zero attached hydrogens (tertiary/aromatic N) is 1. The Morgan fingerprint density at radius 2 is 1.95 bits per heavy atom. The zero-order valence-corrected chi connectivity index (χ0v) is 10.9. The van der Waals surface area contributed by atoms with Crippen LogP contribution in [-0.2, 0) is 9.59 Å². The third-order valence-electron chi connectivity index (χ3n) is 2.94. The molecule has 2 aromatic rings. The summed E-state index contributed by atoms with van der Waals surface area (Å²) in [7, 11) is 0. The van der Waals surface area contributed by atoms with Crippen LogP contribution in [0.1, 0.15) is 23.3 Å². The number of rotatable bonds is 6. The average Bonchev–Trinajstić information content (AvgIpc) is 2.86. The summed E-state index contributed by atoms with van der Waals surface area (Å²) in [5.74, 6) is -3.07. The molecule has 0 saturated heterocycles. The monoisotopic (exact) mass is 291 g/mol. The maximum Gasteiger partial charge on any atom is 0.326 e. The minimum absolute atomic E-state index is 0.0761. The molecule has 1 heterocycles. The largest absolute Gasteiger partial charge is 0.481 e. The van der Waals surface area contributed by atoms with Crippen LogP contribution < -0.4 is 5.32 Å². The number of para-hydroxylation sites is 1. The fraction of sp³-hybridized carbons (Fsp3) is 0.231. The number of amides is 1. The van der Waals surface area contributed by atoms with Crippen molar-refractivity contribution in [3.05, 3.63) is 30.0 Å². The first-order valence-electron chi connectivity index (χ1n) is 6.17. The van der Waals surface area contributed by atoms with Crippen LogP contribution in [0.5, 0.6) is 0 Å². The number of benzene rings is 1. The van der Waals surface area contributed by atoms with Crippen molar-refractivity contribution < 1.29 is 24.6 Å². The second kappa shape index (κ2) is 6.04. The Morgan fingerprint density at radius 3 is 2.62 bits per heavy atom. The molecular weight excluding hydrogens is 278 g/mol. The van der Waals surface area contributed by atoms with Crippen LogP contribution in [-0.4, -0.2) is 44.3 Å². The van der Waals surface area contributed by atoms with E-state index in [4.69, 9.17) is 10.2 Å². The highest BCUT2D eigenvalue weighted by molar-refractivity contribution is 6.05. The van der Waals surface area contributed by atoms with Crippen molar-refractivity contribution in [2.75, 3.05) is 0 Å². The minimum atomic E-state index is -1.29. The average molecular weight is 291 g/mol. The summed E-state index contributed by atoms with van der Waals surface area (Å²) < 4.78 is 0. The summed E-state index contributed by atoms with van der Waals surface area (Å²) in [6.45, 7) is 0. The topological polar surface area (TPSA) is 132 Å². The highest BCUT2D eigenvalue weighted by Gasteiger charge is 2.23. The Kier molecular flexibility index (Phi) is 4.17. The number of nitrogens with one attached hydrogen (secondary N) is 2.